The van der Waals surface area contributed by atoms with Gasteiger partial charge in [0.15, 0.2) is 0 Å². The van der Waals surface area contributed by atoms with Crippen molar-refractivity contribution in [2.75, 3.05) is 0 Å². The minimum atomic E-state index is -0.495. The van der Waals surface area contributed by atoms with E-state index in [4.69, 9.17) is 29.0 Å². The number of nitrogens with two attached hydrogens (primary N) is 1. The van der Waals surface area contributed by atoms with Crippen molar-refractivity contribution in [2.24, 2.45) is 5.84 Å². The quantitative estimate of drug-likeness (QED) is 0.673. The van der Waals surface area contributed by atoms with Crippen LogP contribution >= 0.6 is 23.2 Å². The number of hydrogen-bond acceptors (Lipinski definition) is 3. The summed E-state index contributed by atoms with van der Waals surface area (Å²) in [5.41, 5.74) is 3.69. The van der Waals surface area contributed by atoms with Crippen LogP contribution in [0.3, 0.4) is 0 Å². The second-order valence-corrected chi connectivity index (χ2v) is 4.52. The fourth-order valence-corrected chi connectivity index (χ4v) is 2.15. The van der Waals surface area contributed by atoms with Gasteiger partial charge < -0.3 is 0 Å². The van der Waals surface area contributed by atoms with Gasteiger partial charge in [0, 0.05) is 6.20 Å². The van der Waals surface area contributed by atoms with Crippen LogP contribution in [0.4, 0.5) is 4.39 Å². The molecule has 0 amide bonds. The van der Waals surface area contributed by atoms with Gasteiger partial charge in [-0.1, -0.05) is 35.3 Å². The van der Waals surface area contributed by atoms with E-state index in [-0.39, 0.29) is 5.82 Å². The van der Waals surface area contributed by atoms with E-state index in [1.807, 2.05) is 0 Å². The molecule has 0 aliphatic carbocycles. The highest BCUT2D eigenvalue weighted by molar-refractivity contribution is 6.34. The number of aromatic nitrogens is 1. The average Bonchev–Trinajstić information content (AvgIpc) is 2.33. The fourth-order valence-electron chi connectivity index (χ4n) is 1.66. The summed E-state index contributed by atoms with van der Waals surface area (Å²) in [5.74, 6) is 5.14. The number of hydrogen-bond donors (Lipinski definition) is 2. The Labute approximate surface area is 114 Å². The van der Waals surface area contributed by atoms with Crippen LogP contribution in [-0.2, 0) is 0 Å². The molecule has 94 valence electrons. The van der Waals surface area contributed by atoms with Gasteiger partial charge in [-0.2, -0.15) is 0 Å². The van der Waals surface area contributed by atoms with Crippen molar-refractivity contribution in [1.29, 1.82) is 0 Å². The molecule has 6 heteroatoms. The normalized spacial score (nSPS) is 12.4. The van der Waals surface area contributed by atoms with Crippen LogP contribution in [0.5, 0.6) is 0 Å². The maximum absolute atomic E-state index is 13.2. The number of pyridine rings is 1. The lowest BCUT2D eigenvalue weighted by molar-refractivity contribution is 0.598. The lowest BCUT2D eigenvalue weighted by atomic mass is 10.0. The summed E-state index contributed by atoms with van der Waals surface area (Å²) in [4.78, 5) is 4.13. The molecular weight excluding hydrogens is 276 g/mol. The molecule has 0 fully saturated rings. The third-order valence-electron chi connectivity index (χ3n) is 2.46. The number of nitrogens with zero attached hydrogens (tertiary/aromatic N) is 1. The third-order valence-corrected chi connectivity index (χ3v) is 2.97. The summed E-state index contributed by atoms with van der Waals surface area (Å²) in [7, 11) is 0. The van der Waals surface area contributed by atoms with Crippen LogP contribution in [0.2, 0.25) is 10.0 Å². The van der Waals surface area contributed by atoms with Crippen molar-refractivity contribution in [3.05, 3.63) is 63.6 Å². The van der Waals surface area contributed by atoms with Crippen LogP contribution < -0.4 is 11.3 Å². The first-order valence-electron chi connectivity index (χ1n) is 5.14. The molecule has 18 heavy (non-hydrogen) atoms. The fraction of sp³-hybridized carbons (Fsp3) is 0.0833. The minimum Gasteiger partial charge on any atom is -0.271 e. The van der Waals surface area contributed by atoms with Crippen molar-refractivity contribution >= 4 is 23.2 Å². The van der Waals surface area contributed by atoms with Crippen molar-refractivity contribution in [1.82, 2.24) is 10.4 Å². The molecule has 0 aliphatic heterocycles. The van der Waals surface area contributed by atoms with E-state index < -0.39 is 6.04 Å². The van der Waals surface area contributed by atoms with E-state index in [0.717, 1.165) is 0 Å². The average molecular weight is 286 g/mol. The zero-order valence-corrected chi connectivity index (χ0v) is 10.7. The molecule has 1 heterocycles. The zero-order valence-electron chi connectivity index (χ0n) is 9.20. The van der Waals surface area contributed by atoms with Crippen molar-refractivity contribution < 1.29 is 4.39 Å². The van der Waals surface area contributed by atoms with E-state index >= 15 is 0 Å². The van der Waals surface area contributed by atoms with E-state index in [2.05, 4.69) is 10.4 Å². The molecule has 2 aromatic rings. The zero-order chi connectivity index (χ0) is 13.1. The van der Waals surface area contributed by atoms with Gasteiger partial charge in [-0.25, -0.2) is 9.82 Å². The molecule has 1 aromatic carbocycles. The lowest BCUT2D eigenvalue weighted by Crippen LogP contribution is -2.29. The van der Waals surface area contributed by atoms with Crippen LogP contribution in [0.25, 0.3) is 0 Å². The maximum atomic E-state index is 13.2. The van der Waals surface area contributed by atoms with Crippen LogP contribution in [0.15, 0.2) is 36.5 Å². The Kier molecular flexibility index (Phi) is 4.14. The summed E-state index contributed by atoms with van der Waals surface area (Å²) in [6.45, 7) is 0. The second-order valence-electron chi connectivity index (χ2n) is 3.68. The highest BCUT2D eigenvalue weighted by atomic mass is 35.5. The Morgan fingerprint density at radius 3 is 2.67 bits per heavy atom. The molecule has 1 aromatic heterocycles. The van der Waals surface area contributed by atoms with Gasteiger partial charge in [0.25, 0.3) is 0 Å². The second kappa shape index (κ2) is 5.63. The summed E-state index contributed by atoms with van der Waals surface area (Å²) >= 11 is 11.8. The smallest absolute Gasteiger partial charge is 0.123 e. The van der Waals surface area contributed by atoms with Crippen molar-refractivity contribution in [2.45, 2.75) is 6.04 Å². The minimum absolute atomic E-state index is 0.349. The molecule has 1 unspecified atom stereocenters. The van der Waals surface area contributed by atoms with Crippen molar-refractivity contribution in [3.63, 3.8) is 0 Å². The number of hydrazine groups is 1. The lowest BCUT2D eigenvalue weighted by Gasteiger charge is -2.17. The van der Waals surface area contributed by atoms with Gasteiger partial charge in [-0.15, -0.1) is 0 Å². The Morgan fingerprint density at radius 2 is 2.06 bits per heavy atom. The summed E-state index contributed by atoms with van der Waals surface area (Å²) in [6, 6.07) is 7.13. The van der Waals surface area contributed by atoms with Gasteiger partial charge in [0.2, 0.25) is 0 Å². The van der Waals surface area contributed by atoms with E-state index in [0.29, 0.717) is 21.3 Å². The molecule has 0 saturated heterocycles. The summed E-state index contributed by atoms with van der Waals surface area (Å²) in [5, 5.41) is 0.800. The first kappa shape index (κ1) is 13.2. The number of halogens is 3. The Morgan fingerprint density at radius 1 is 1.28 bits per heavy atom. The summed E-state index contributed by atoms with van der Waals surface area (Å²) < 4.78 is 13.2. The van der Waals surface area contributed by atoms with Gasteiger partial charge in [-0.3, -0.25) is 10.8 Å². The molecule has 0 spiro atoms. The Hall–Kier alpha value is -1.20. The molecule has 0 bridgehead atoms. The monoisotopic (exact) mass is 285 g/mol. The van der Waals surface area contributed by atoms with Gasteiger partial charge in [0.05, 0.1) is 21.8 Å². The number of benzene rings is 1. The van der Waals surface area contributed by atoms with E-state index in [1.54, 1.807) is 18.2 Å². The van der Waals surface area contributed by atoms with Crippen LogP contribution in [0.1, 0.15) is 17.3 Å². The predicted octanol–water partition coefficient (Wildman–Crippen LogP) is 3.08. The molecule has 2 rings (SSSR count). The first-order valence-corrected chi connectivity index (χ1v) is 5.90. The Balaban J connectivity index is 2.45. The molecule has 0 saturated carbocycles. The third kappa shape index (κ3) is 2.79. The first-order chi connectivity index (χ1) is 8.61. The maximum Gasteiger partial charge on any atom is 0.123 e. The molecular formula is C12H10Cl2FN3. The van der Waals surface area contributed by atoms with Gasteiger partial charge >= 0.3 is 0 Å². The summed E-state index contributed by atoms with van der Waals surface area (Å²) in [6.07, 6.45) is 1.46. The predicted molar refractivity (Wildman–Crippen MR) is 69.8 cm³/mol. The van der Waals surface area contributed by atoms with E-state index in [9.17, 15) is 4.39 Å². The highest BCUT2D eigenvalue weighted by Gasteiger charge is 2.17. The van der Waals surface area contributed by atoms with Crippen LogP contribution in [-0.4, -0.2) is 4.98 Å². The molecule has 3 nitrogen and oxygen atoms in total. The SMILES string of the molecule is NNC(c1cccc(F)c1)c1ncc(Cl)cc1Cl. The highest BCUT2D eigenvalue weighted by Crippen LogP contribution is 2.28. The standard InChI is InChI=1S/C12H10Cl2FN3/c13-8-5-10(14)12(17-6-8)11(18-16)7-2-1-3-9(15)4-7/h1-6,11,18H,16H2. The molecule has 0 aliphatic rings. The van der Waals surface area contributed by atoms with Gasteiger partial charge in [-0.05, 0) is 23.8 Å². The molecule has 1 atom stereocenters. The van der Waals surface area contributed by atoms with Gasteiger partial charge in [0.1, 0.15) is 5.82 Å². The van der Waals surface area contributed by atoms with Crippen molar-refractivity contribution in [3.8, 4) is 0 Å². The molecule has 3 N–H and O–H groups in total. The largest absolute Gasteiger partial charge is 0.271 e. The Bertz CT molecular complexity index is 563. The van der Waals surface area contributed by atoms with E-state index in [1.165, 1.54) is 18.3 Å². The molecule has 0 radical (unpaired) electrons. The van der Waals surface area contributed by atoms with Crippen LogP contribution in [0, 0.1) is 5.82 Å². The topological polar surface area (TPSA) is 50.9 Å². The number of rotatable bonds is 3. The number of nitrogens with one attached hydrogen (secondary N) is 1.